The van der Waals surface area contributed by atoms with Gasteiger partial charge in [0, 0.05) is 20.6 Å². The SMILES string of the molecule is CCNC(=NCc1ccc(C)c(OC)c1)NCC(=O)N(C)C. The third-order valence-corrected chi connectivity index (χ3v) is 3.14. The quantitative estimate of drug-likeness (QED) is 0.611. The fourth-order valence-electron chi connectivity index (χ4n) is 1.79. The van der Waals surface area contributed by atoms with Crippen LogP contribution in [0, 0.1) is 6.92 Å². The molecular weight excluding hydrogens is 280 g/mol. The molecule has 0 fully saturated rings. The summed E-state index contributed by atoms with van der Waals surface area (Å²) >= 11 is 0. The topological polar surface area (TPSA) is 66.0 Å². The Hall–Kier alpha value is -2.24. The normalized spacial score (nSPS) is 11.0. The Morgan fingerprint density at radius 3 is 2.64 bits per heavy atom. The number of methoxy groups -OCH3 is 1. The van der Waals surface area contributed by atoms with Crippen molar-refractivity contribution in [1.82, 2.24) is 15.5 Å². The lowest BCUT2D eigenvalue weighted by Crippen LogP contribution is -2.42. The summed E-state index contributed by atoms with van der Waals surface area (Å²) in [6.45, 7) is 5.46. The summed E-state index contributed by atoms with van der Waals surface area (Å²) in [5, 5.41) is 6.15. The molecular formula is C16H26N4O2. The number of aliphatic imine (C=N–C) groups is 1. The van der Waals surface area contributed by atoms with E-state index in [1.807, 2.05) is 32.0 Å². The Morgan fingerprint density at radius 2 is 2.05 bits per heavy atom. The predicted octanol–water partition coefficient (Wildman–Crippen LogP) is 1.15. The maximum Gasteiger partial charge on any atom is 0.241 e. The smallest absolute Gasteiger partial charge is 0.241 e. The molecule has 0 bridgehead atoms. The van der Waals surface area contributed by atoms with Gasteiger partial charge in [0.15, 0.2) is 5.96 Å². The standard InChI is InChI=1S/C16H26N4O2/c1-6-17-16(19-11-15(21)20(3)4)18-10-13-8-7-12(2)14(9-13)22-5/h7-9H,6,10-11H2,1-5H3,(H2,17,18,19). The number of carbonyl (C=O) groups excluding carboxylic acids is 1. The van der Waals surface area contributed by atoms with Gasteiger partial charge in [-0.1, -0.05) is 12.1 Å². The molecule has 0 heterocycles. The number of benzene rings is 1. The molecule has 0 spiro atoms. The number of guanidine groups is 1. The average Bonchev–Trinajstić information content (AvgIpc) is 2.50. The first-order chi connectivity index (χ1) is 10.5. The van der Waals surface area contributed by atoms with E-state index in [9.17, 15) is 4.79 Å². The minimum Gasteiger partial charge on any atom is -0.496 e. The van der Waals surface area contributed by atoms with E-state index in [1.54, 1.807) is 26.1 Å². The number of carbonyl (C=O) groups is 1. The molecule has 0 radical (unpaired) electrons. The van der Waals surface area contributed by atoms with Crippen LogP contribution in [0.15, 0.2) is 23.2 Å². The zero-order valence-electron chi connectivity index (χ0n) is 14.1. The second-order valence-corrected chi connectivity index (χ2v) is 5.14. The van der Waals surface area contributed by atoms with Gasteiger partial charge in [-0.3, -0.25) is 4.79 Å². The van der Waals surface area contributed by atoms with Crippen molar-refractivity contribution in [3.05, 3.63) is 29.3 Å². The number of amides is 1. The van der Waals surface area contributed by atoms with E-state index in [0.29, 0.717) is 12.5 Å². The number of hydrogen-bond acceptors (Lipinski definition) is 3. The molecule has 1 rings (SSSR count). The van der Waals surface area contributed by atoms with Crippen LogP contribution in [0.5, 0.6) is 5.75 Å². The van der Waals surface area contributed by atoms with Crippen LogP contribution in [0.3, 0.4) is 0 Å². The molecule has 1 aromatic rings. The minimum atomic E-state index is 0.00242. The first-order valence-electron chi connectivity index (χ1n) is 7.33. The minimum absolute atomic E-state index is 0.00242. The predicted molar refractivity (Wildman–Crippen MR) is 89.2 cm³/mol. The van der Waals surface area contributed by atoms with Crippen LogP contribution in [-0.4, -0.2) is 51.1 Å². The van der Waals surface area contributed by atoms with Gasteiger partial charge in [0.05, 0.1) is 20.2 Å². The van der Waals surface area contributed by atoms with Gasteiger partial charge >= 0.3 is 0 Å². The van der Waals surface area contributed by atoms with Crippen molar-refractivity contribution in [1.29, 1.82) is 0 Å². The molecule has 0 saturated heterocycles. The van der Waals surface area contributed by atoms with Crippen LogP contribution >= 0.6 is 0 Å². The highest BCUT2D eigenvalue weighted by molar-refractivity contribution is 5.86. The lowest BCUT2D eigenvalue weighted by molar-refractivity contribution is -0.127. The Morgan fingerprint density at radius 1 is 1.32 bits per heavy atom. The summed E-state index contributed by atoms with van der Waals surface area (Å²) < 4.78 is 5.32. The Kier molecular flexibility index (Phi) is 7.22. The van der Waals surface area contributed by atoms with Gasteiger partial charge in [0.25, 0.3) is 0 Å². The second kappa shape index (κ2) is 8.92. The van der Waals surface area contributed by atoms with Crippen molar-refractivity contribution in [3.8, 4) is 5.75 Å². The molecule has 0 aromatic heterocycles. The summed E-state index contributed by atoms with van der Waals surface area (Å²) in [5.41, 5.74) is 2.15. The highest BCUT2D eigenvalue weighted by Crippen LogP contribution is 2.19. The van der Waals surface area contributed by atoms with Crippen LogP contribution in [0.2, 0.25) is 0 Å². The number of aryl methyl sites for hydroxylation is 1. The summed E-state index contributed by atoms with van der Waals surface area (Å²) in [6.07, 6.45) is 0. The van der Waals surface area contributed by atoms with Gasteiger partial charge in [-0.2, -0.15) is 0 Å². The molecule has 0 aliphatic heterocycles. The van der Waals surface area contributed by atoms with Gasteiger partial charge in [0.2, 0.25) is 5.91 Å². The van der Waals surface area contributed by atoms with Crippen molar-refractivity contribution in [2.45, 2.75) is 20.4 Å². The number of rotatable bonds is 6. The van der Waals surface area contributed by atoms with E-state index in [-0.39, 0.29) is 12.5 Å². The van der Waals surface area contributed by atoms with E-state index in [0.717, 1.165) is 23.4 Å². The highest BCUT2D eigenvalue weighted by Gasteiger charge is 2.05. The second-order valence-electron chi connectivity index (χ2n) is 5.14. The number of likely N-dealkylation sites (N-methyl/N-ethyl adjacent to an activating group) is 1. The van der Waals surface area contributed by atoms with E-state index >= 15 is 0 Å². The number of nitrogens with one attached hydrogen (secondary N) is 2. The van der Waals surface area contributed by atoms with Crippen molar-refractivity contribution >= 4 is 11.9 Å². The van der Waals surface area contributed by atoms with E-state index < -0.39 is 0 Å². The summed E-state index contributed by atoms with van der Waals surface area (Å²) in [5.74, 6) is 1.48. The highest BCUT2D eigenvalue weighted by atomic mass is 16.5. The largest absolute Gasteiger partial charge is 0.496 e. The molecule has 22 heavy (non-hydrogen) atoms. The molecule has 1 amide bonds. The van der Waals surface area contributed by atoms with Gasteiger partial charge in [-0.15, -0.1) is 0 Å². The van der Waals surface area contributed by atoms with Crippen LogP contribution in [0.4, 0.5) is 0 Å². The maximum absolute atomic E-state index is 11.6. The molecule has 0 atom stereocenters. The van der Waals surface area contributed by atoms with Crippen molar-refractivity contribution in [2.75, 3.05) is 34.3 Å². The van der Waals surface area contributed by atoms with Crippen LogP contribution < -0.4 is 15.4 Å². The molecule has 0 saturated carbocycles. The number of ether oxygens (including phenoxy) is 1. The Labute approximate surface area is 132 Å². The van der Waals surface area contributed by atoms with Gasteiger partial charge < -0.3 is 20.3 Å². The first-order valence-corrected chi connectivity index (χ1v) is 7.33. The molecule has 2 N–H and O–H groups in total. The third kappa shape index (κ3) is 5.63. The van der Waals surface area contributed by atoms with Crippen molar-refractivity contribution < 1.29 is 9.53 Å². The number of nitrogens with zero attached hydrogens (tertiary/aromatic N) is 2. The van der Waals surface area contributed by atoms with Crippen LogP contribution in [-0.2, 0) is 11.3 Å². The Bertz CT molecular complexity index is 527. The van der Waals surface area contributed by atoms with E-state index in [2.05, 4.69) is 15.6 Å². The van der Waals surface area contributed by atoms with Crippen molar-refractivity contribution in [3.63, 3.8) is 0 Å². The van der Waals surface area contributed by atoms with E-state index in [1.165, 1.54) is 0 Å². The van der Waals surface area contributed by atoms with Gasteiger partial charge in [-0.25, -0.2) is 4.99 Å². The van der Waals surface area contributed by atoms with Crippen LogP contribution in [0.1, 0.15) is 18.1 Å². The Balaban J connectivity index is 2.71. The zero-order valence-corrected chi connectivity index (χ0v) is 14.1. The summed E-state index contributed by atoms with van der Waals surface area (Å²) in [7, 11) is 5.12. The summed E-state index contributed by atoms with van der Waals surface area (Å²) in [6, 6.07) is 6.02. The zero-order chi connectivity index (χ0) is 16.5. The molecule has 0 aliphatic carbocycles. The van der Waals surface area contributed by atoms with Crippen LogP contribution in [0.25, 0.3) is 0 Å². The number of hydrogen-bond donors (Lipinski definition) is 2. The lowest BCUT2D eigenvalue weighted by atomic mass is 10.1. The maximum atomic E-state index is 11.6. The van der Waals surface area contributed by atoms with Gasteiger partial charge in [-0.05, 0) is 31.0 Å². The lowest BCUT2D eigenvalue weighted by Gasteiger charge is -2.14. The monoisotopic (exact) mass is 306 g/mol. The molecule has 0 unspecified atom stereocenters. The fraction of sp³-hybridized carbons (Fsp3) is 0.500. The van der Waals surface area contributed by atoms with E-state index in [4.69, 9.17) is 4.74 Å². The molecule has 6 heteroatoms. The molecule has 0 aliphatic rings. The first kappa shape index (κ1) is 17.8. The average molecular weight is 306 g/mol. The molecule has 6 nitrogen and oxygen atoms in total. The molecule has 122 valence electrons. The molecule has 1 aromatic carbocycles. The van der Waals surface area contributed by atoms with Gasteiger partial charge in [0.1, 0.15) is 5.75 Å². The fourth-order valence-corrected chi connectivity index (χ4v) is 1.79. The third-order valence-electron chi connectivity index (χ3n) is 3.14. The summed E-state index contributed by atoms with van der Waals surface area (Å²) in [4.78, 5) is 17.6. The van der Waals surface area contributed by atoms with Crippen molar-refractivity contribution in [2.24, 2.45) is 4.99 Å².